The van der Waals surface area contributed by atoms with Gasteiger partial charge in [0.25, 0.3) is 0 Å². The van der Waals surface area contributed by atoms with Gasteiger partial charge >= 0.3 is 0 Å². The molecule has 1 nitrogen and oxygen atoms in total. The van der Waals surface area contributed by atoms with E-state index in [4.69, 9.17) is 0 Å². The zero-order valence-corrected chi connectivity index (χ0v) is 13.9. The molecule has 0 aromatic heterocycles. The Balaban J connectivity index is 1.91. The predicted molar refractivity (Wildman–Crippen MR) is 84.4 cm³/mol. The Morgan fingerprint density at radius 2 is 1.42 bits per heavy atom. The van der Waals surface area contributed by atoms with Crippen molar-refractivity contribution in [1.29, 1.82) is 0 Å². The van der Waals surface area contributed by atoms with Crippen LogP contribution in [0.25, 0.3) is 0 Å². The average molecular weight is 265 g/mol. The maximum Gasteiger partial charge on any atom is 0.00798 e. The van der Waals surface area contributed by atoms with Gasteiger partial charge in [0.2, 0.25) is 0 Å². The zero-order chi connectivity index (χ0) is 14.1. The maximum atomic E-state index is 4.03. The van der Waals surface area contributed by atoms with Crippen LogP contribution in [0.4, 0.5) is 0 Å². The van der Waals surface area contributed by atoms with Gasteiger partial charge in [-0.1, -0.05) is 47.5 Å². The Bertz CT molecular complexity index is 276. The van der Waals surface area contributed by atoms with Crippen LogP contribution in [0, 0.1) is 16.7 Å². The topological polar surface area (TPSA) is 12.0 Å². The molecule has 0 bridgehead atoms. The van der Waals surface area contributed by atoms with Gasteiger partial charge in [0.05, 0.1) is 0 Å². The van der Waals surface area contributed by atoms with Gasteiger partial charge < -0.3 is 5.32 Å². The Kier molecular flexibility index (Phi) is 4.65. The summed E-state index contributed by atoms with van der Waals surface area (Å²) in [7, 11) is 0. The molecular formula is C18H35N. The molecule has 0 amide bonds. The van der Waals surface area contributed by atoms with Gasteiger partial charge in [-0.05, 0) is 55.3 Å². The fourth-order valence-electron chi connectivity index (χ4n) is 4.95. The van der Waals surface area contributed by atoms with Gasteiger partial charge in [-0.15, -0.1) is 0 Å². The van der Waals surface area contributed by atoms with Crippen LogP contribution >= 0.6 is 0 Å². The van der Waals surface area contributed by atoms with E-state index in [1.165, 1.54) is 51.4 Å². The minimum atomic E-state index is 0.511. The molecule has 0 aromatic carbocycles. The zero-order valence-electron chi connectivity index (χ0n) is 13.9. The molecule has 2 fully saturated rings. The SMILES string of the molecule is CC1CCCC(NC2CC(C)(C)CC(C)(C)C2)CC1. The van der Waals surface area contributed by atoms with Crippen LogP contribution in [0.3, 0.4) is 0 Å². The lowest BCUT2D eigenvalue weighted by Gasteiger charge is -2.46. The van der Waals surface area contributed by atoms with E-state index in [-0.39, 0.29) is 0 Å². The largest absolute Gasteiger partial charge is 0.311 e. The average Bonchev–Trinajstić information content (AvgIpc) is 2.39. The molecule has 2 saturated carbocycles. The summed E-state index contributed by atoms with van der Waals surface area (Å²) in [6.07, 6.45) is 11.2. The molecule has 0 saturated heterocycles. The molecule has 1 heteroatoms. The lowest BCUT2D eigenvalue weighted by molar-refractivity contribution is 0.0791. The highest BCUT2D eigenvalue weighted by Crippen LogP contribution is 2.45. The molecule has 0 spiro atoms. The molecule has 2 atom stereocenters. The van der Waals surface area contributed by atoms with Crippen molar-refractivity contribution in [2.75, 3.05) is 0 Å². The first-order chi connectivity index (χ1) is 8.76. The van der Waals surface area contributed by atoms with E-state index in [0.717, 1.165) is 18.0 Å². The Morgan fingerprint density at radius 3 is 2.05 bits per heavy atom. The summed E-state index contributed by atoms with van der Waals surface area (Å²) in [6, 6.07) is 1.54. The summed E-state index contributed by atoms with van der Waals surface area (Å²) in [5.41, 5.74) is 1.02. The number of hydrogen-bond donors (Lipinski definition) is 1. The summed E-state index contributed by atoms with van der Waals surface area (Å²) in [5, 5.41) is 4.03. The highest BCUT2D eigenvalue weighted by molar-refractivity contribution is 4.93. The van der Waals surface area contributed by atoms with E-state index < -0.39 is 0 Å². The second-order valence-electron chi connectivity index (χ2n) is 9.09. The van der Waals surface area contributed by atoms with Crippen LogP contribution in [0.2, 0.25) is 0 Å². The van der Waals surface area contributed by atoms with Gasteiger partial charge in [0, 0.05) is 12.1 Å². The molecule has 2 aliphatic carbocycles. The van der Waals surface area contributed by atoms with Gasteiger partial charge in [0.15, 0.2) is 0 Å². The Morgan fingerprint density at radius 1 is 0.789 bits per heavy atom. The van der Waals surface area contributed by atoms with Gasteiger partial charge in [-0.3, -0.25) is 0 Å². The molecule has 2 rings (SSSR count). The molecule has 0 radical (unpaired) electrons. The highest BCUT2D eigenvalue weighted by atomic mass is 15.0. The summed E-state index contributed by atoms with van der Waals surface area (Å²) >= 11 is 0. The maximum absolute atomic E-state index is 4.03. The monoisotopic (exact) mass is 265 g/mol. The van der Waals surface area contributed by atoms with Crippen molar-refractivity contribution in [2.45, 2.75) is 98.1 Å². The van der Waals surface area contributed by atoms with Gasteiger partial charge in [-0.25, -0.2) is 0 Å². The quantitative estimate of drug-likeness (QED) is 0.681. The third-order valence-corrected chi connectivity index (χ3v) is 5.28. The summed E-state index contributed by atoms with van der Waals surface area (Å²) < 4.78 is 0. The summed E-state index contributed by atoms with van der Waals surface area (Å²) in [4.78, 5) is 0. The summed E-state index contributed by atoms with van der Waals surface area (Å²) in [6.45, 7) is 12.3. The number of rotatable bonds is 2. The molecule has 0 heterocycles. The smallest absolute Gasteiger partial charge is 0.00798 e. The Hall–Kier alpha value is -0.0400. The van der Waals surface area contributed by atoms with E-state index in [1.807, 2.05) is 0 Å². The third-order valence-electron chi connectivity index (χ3n) is 5.28. The van der Waals surface area contributed by atoms with Crippen molar-refractivity contribution in [2.24, 2.45) is 16.7 Å². The molecule has 112 valence electrons. The van der Waals surface area contributed by atoms with Crippen LogP contribution in [0.1, 0.15) is 86.0 Å². The second-order valence-corrected chi connectivity index (χ2v) is 9.09. The van der Waals surface area contributed by atoms with Crippen molar-refractivity contribution in [3.63, 3.8) is 0 Å². The van der Waals surface area contributed by atoms with Crippen molar-refractivity contribution in [3.05, 3.63) is 0 Å². The minimum Gasteiger partial charge on any atom is -0.311 e. The van der Waals surface area contributed by atoms with Crippen LogP contribution in [0.5, 0.6) is 0 Å². The Labute approximate surface area is 120 Å². The first kappa shape index (κ1) is 15.4. The highest BCUT2D eigenvalue weighted by Gasteiger charge is 2.38. The van der Waals surface area contributed by atoms with Crippen molar-refractivity contribution >= 4 is 0 Å². The van der Waals surface area contributed by atoms with E-state index in [0.29, 0.717) is 10.8 Å². The molecule has 2 unspecified atom stereocenters. The van der Waals surface area contributed by atoms with E-state index in [2.05, 4.69) is 39.9 Å². The van der Waals surface area contributed by atoms with E-state index >= 15 is 0 Å². The lowest BCUT2D eigenvalue weighted by Crippen LogP contribution is -2.47. The van der Waals surface area contributed by atoms with E-state index in [9.17, 15) is 0 Å². The molecular weight excluding hydrogens is 230 g/mol. The van der Waals surface area contributed by atoms with Gasteiger partial charge in [0.1, 0.15) is 0 Å². The molecule has 1 N–H and O–H groups in total. The lowest BCUT2D eigenvalue weighted by atomic mass is 9.63. The van der Waals surface area contributed by atoms with Crippen molar-refractivity contribution in [1.82, 2.24) is 5.32 Å². The first-order valence-corrected chi connectivity index (χ1v) is 8.52. The van der Waals surface area contributed by atoms with Crippen LogP contribution in [-0.4, -0.2) is 12.1 Å². The van der Waals surface area contributed by atoms with Crippen molar-refractivity contribution in [3.8, 4) is 0 Å². The molecule has 0 aliphatic heterocycles. The van der Waals surface area contributed by atoms with Crippen LogP contribution in [0.15, 0.2) is 0 Å². The summed E-state index contributed by atoms with van der Waals surface area (Å²) in [5.74, 6) is 0.950. The molecule has 0 aromatic rings. The second kappa shape index (κ2) is 5.76. The molecule has 2 aliphatic rings. The van der Waals surface area contributed by atoms with Gasteiger partial charge in [-0.2, -0.15) is 0 Å². The molecule has 19 heavy (non-hydrogen) atoms. The normalized spacial score (nSPS) is 35.8. The first-order valence-electron chi connectivity index (χ1n) is 8.52. The third kappa shape index (κ3) is 4.77. The number of nitrogens with one attached hydrogen (secondary N) is 1. The van der Waals surface area contributed by atoms with E-state index in [1.54, 1.807) is 0 Å². The standard InChI is InChI=1S/C18H35N/c1-14-7-6-8-15(10-9-14)19-16-11-17(2,3)13-18(4,5)12-16/h14-16,19H,6-13H2,1-5H3. The predicted octanol–water partition coefficient (Wildman–Crippen LogP) is 5.15. The fraction of sp³-hybridized carbons (Fsp3) is 1.00. The van der Waals surface area contributed by atoms with Crippen LogP contribution < -0.4 is 5.32 Å². The van der Waals surface area contributed by atoms with Crippen LogP contribution in [-0.2, 0) is 0 Å². The minimum absolute atomic E-state index is 0.511. The fourth-order valence-corrected chi connectivity index (χ4v) is 4.95. The van der Waals surface area contributed by atoms with Crippen molar-refractivity contribution < 1.29 is 0 Å². The number of hydrogen-bond acceptors (Lipinski definition) is 1.